The highest BCUT2D eigenvalue weighted by Gasteiger charge is 2.37. The molecule has 20 heavy (non-hydrogen) atoms. The van der Waals surface area contributed by atoms with Crippen molar-refractivity contribution in [2.24, 2.45) is 5.41 Å². The molecule has 0 aliphatic rings. The van der Waals surface area contributed by atoms with E-state index in [9.17, 15) is 9.59 Å². The van der Waals surface area contributed by atoms with Gasteiger partial charge in [0.1, 0.15) is 5.41 Å². The van der Waals surface area contributed by atoms with Gasteiger partial charge in [-0.15, -0.1) is 11.3 Å². The lowest BCUT2D eigenvalue weighted by Gasteiger charge is -2.24. The molecule has 0 unspecified atom stereocenters. The molecule has 6 heteroatoms. The number of hydrogen-bond donors (Lipinski definition) is 0. The zero-order valence-corrected chi connectivity index (χ0v) is 14.6. The number of thiophene rings is 1. The monoisotopic (exact) mass is 361 g/mol. The maximum Gasteiger partial charge on any atom is 0.319 e. The number of rotatable bonds is 7. The van der Waals surface area contributed by atoms with Gasteiger partial charge in [0.05, 0.1) is 16.9 Å². The molecule has 1 rings (SSSR count). The topological polar surface area (TPSA) is 46.6 Å². The van der Waals surface area contributed by atoms with Gasteiger partial charge in [0.25, 0.3) is 0 Å². The quantitative estimate of drug-likeness (QED) is 0.552. The Morgan fingerprint density at radius 3 is 2.60 bits per heavy atom. The Kier molecular flexibility index (Phi) is 6.36. The van der Waals surface area contributed by atoms with Crippen LogP contribution in [0, 0.1) is 5.41 Å². The molecule has 1 heterocycles. The molecule has 0 fully saturated rings. The number of nitrogens with zero attached hydrogens (tertiary/aromatic N) is 1. The average Bonchev–Trinajstić information content (AvgIpc) is 2.74. The molecule has 0 saturated carbocycles. The molecule has 0 aromatic carbocycles. The van der Waals surface area contributed by atoms with E-state index in [0.29, 0.717) is 6.54 Å². The van der Waals surface area contributed by atoms with Gasteiger partial charge in [-0.3, -0.25) is 14.5 Å². The second-order valence-electron chi connectivity index (χ2n) is 5.20. The molecular formula is C14H20BrNO3S. The second-order valence-corrected chi connectivity index (χ2v) is 7.49. The number of hydrogen-bond acceptors (Lipinski definition) is 5. The molecular weight excluding hydrogens is 342 g/mol. The Labute approximate surface area is 132 Å². The lowest BCUT2D eigenvalue weighted by Crippen LogP contribution is -2.41. The number of likely N-dealkylation sites (N-methyl/N-ethyl adjacent to an activating group) is 1. The lowest BCUT2D eigenvalue weighted by molar-refractivity contribution is -0.158. The Balaban J connectivity index is 2.58. The molecule has 0 aliphatic carbocycles. The van der Waals surface area contributed by atoms with E-state index in [1.54, 1.807) is 32.1 Å². The molecule has 0 aliphatic heterocycles. The SMILES string of the molecule is CCOC(=O)C(C)(C)C(=O)CN(C)Cc1csc(Br)c1. The van der Waals surface area contributed by atoms with E-state index in [1.807, 2.05) is 23.4 Å². The van der Waals surface area contributed by atoms with Crippen molar-refractivity contribution >= 4 is 39.0 Å². The lowest BCUT2D eigenvalue weighted by atomic mass is 9.88. The van der Waals surface area contributed by atoms with E-state index in [4.69, 9.17) is 4.74 Å². The zero-order valence-electron chi connectivity index (χ0n) is 12.2. The smallest absolute Gasteiger partial charge is 0.319 e. The fourth-order valence-electron chi connectivity index (χ4n) is 1.66. The highest BCUT2D eigenvalue weighted by Crippen LogP contribution is 2.23. The minimum atomic E-state index is -1.10. The number of ether oxygens (including phenoxy) is 1. The molecule has 112 valence electrons. The third-order valence-electron chi connectivity index (χ3n) is 2.97. The van der Waals surface area contributed by atoms with E-state index < -0.39 is 11.4 Å². The summed E-state index contributed by atoms with van der Waals surface area (Å²) < 4.78 is 6.02. The maximum absolute atomic E-state index is 12.2. The van der Waals surface area contributed by atoms with Crippen molar-refractivity contribution in [3.05, 3.63) is 20.8 Å². The second kappa shape index (κ2) is 7.33. The van der Waals surface area contributed by atoms with Gasteiger partial charge in [0, 0.05) is 6.54 Å². The van der Waals surface area contributed by atoms with Crippen LogP contribution in [-0.2, 0) is 20.9 Å². The third kappa shape index (κ3) is 4.68. The van der Waals surface area contributed by atoms with Gasteiger partial charge in [-0.05, 0) is 60.8 Å². The number of halogens is 1. The maximum atomic E-state index is 12.2. The Morgan fingerprint density at radius 1 is 1.45 bits per heavy atom. The largest absolute Gasteiger partial charge is 0.465 e. The summed E-state index contributed by atoms with van der Waals surface area (Å²) in [6, 6.07) is 2.03. The number of carbonyl (C=O) groups is 2. The molecule has 0 saturated heterocycles. The van der Waals surface area contributed by atoms with Crippen LogP contribution in [0.3, 0.4) is 0 Å². The number of carbonyl (C=O) groups excluding carboxylic acids is 2. The van der Waals surface area contributed by atoms with Crippen molar-refractivity contribution in [2.75, 3.05) is 20.2 Å². The summed E-state index contributed by atoms with van der Waals surface area (Å²) in [6.07, 6.45) is 0. The first-order valence-electron chi connectivity index (χ1n) is 6.39. The first kappa shape index (κ1) is 17.3. The van der Waals surface area contributed by atoms with Crippen molar-refractivity contribution < 1.29 is 14.3 Å². The zero-order chi connectivity index (χ0) is 15.3. The molecule has 0 spiro atoms. The van der Waals surface area contributed by atoms with Crippen LogP contribution < -0.4 is 0 Å². The van der Waals surface area contributed by atoms with Crippen molar-refractivity contribution in [3.63, 3.8) is 0 Å². The molecule has 0 bridgehead atoms. The summed E-state index contributed by atoms with van der Waals surface area (Å²) >= 11 is 5.03. The first-order chi connectivity index (χ1) is 9.27. The molecule has 4 nitrogen and oxygen atoms in total. The van der Waals surface area contributed by atoms with E-state index in [2.05, 4.69) is 15.9 Å². The van der Waals surface area contributed by atoms with E-state index in [1.165, 1.54) is 0 Å². The Hall–Kier alpha value is -0.720. The molecule has 0 atom stereocenters. The van der Waals surface area contributed by atoms with Gasteiger partial charge in [0.15, 0.2) is 5.78 Å². The Morgan fingerprint density at radius 2 is 2.10 bits per heavy atom. The normalized spacial score (nSPS) is 11.7. The minimum absolute atomic E-state index is 0.132. The number of esters is 1. The summed E-state index contributed by atoms with van der Waals surface area (Å²) in [7, 11) is 1.87. The standard InChI is InChI=1S/C14H20BrNO3S/c1-5-19-13(18)14(2,3)11(17)8-16(4)7-10-6-12(15)20-9-10/h6,9H,5,7-8H2,1-4H3. The van der Waals surface area contributed by atoms with Crippen LogP contribution in [0.25, 0.3) is 0 Å². The highest BCUT2D eigenvalue weighted by atomic mass is 79.9. The van der Waals surface area contributed by atoms with E-state index >= 15 is 0 Å². The summed E-state index contributed by atoms with van der Waals surface area (Å²) in [5, 5.41) is 2.04. The van der Waals surface area contributed by atoms with Crippen LogP contribution in [0.2, 0.25) is 0 Å². The van der Waals surface area contributed by atoms with Crippen molar-refractivity contribution in [2.45, 2.75) is 27.3 Å². The third-order valence-corrected chi connectivity index (χ3v) is 4.52. The van der Waals surface area contributed by atoms with Gasteiger partial charge in [-0.25, -0.2) is 0 Å². The molecule has 1 aromatic heterocycles. The van der Waals surface area contributed by atoms with Gasteiger partial charge in [-0.2, -0.15) is 0 Å². The fraction of sp³-hybridized carbons (Fsp3) is 0.571. The van der Waals surface area contributed by atoms with Gasteiger partial charge in [0.2, 0.25) is 0 Å². The van der Waals surface area contributed by atoms with E-state index in [0.717, 1.165) is 9.35 Å². The van der Waals surface area contributed by atoms with Gasteiger partial charge in [-0.1, -0.05) is 0 Å². The summed E-state index contributed by atoms with van der Waals surface area (Å²) in [5.74, 6) is -0.593. The summed E-state index contributed by atoms with van der Waals surface area (Å²) in [6.45, 7) is 6.14. The fourth-order valence-corrected chi connectivity index (χ4v) is 2.86. The van der Waals surface area contributed by atoms with Gasteiger partial charge >= 0.3 is 5.97 Å². The molecule has 0 amide bonds. The van der Waals surface area contributed by atoms with Crippen molar-refractivity contribution in [1.82, 2.24) is 4.90 Å². The van der Waals surface area contributed by atoms with Crippen LogP contribution in [0.15, 0.2) is 15.2 Å². The average molecular weight is 362 g/mol. The van der Waals surface area contributed by atoms with Crippen LogP contribution in [0.1, 0.15) is 26.3 Å². The Bertz CT molecular complexity index is 485. The predicted molar refractivity (Wildman–Crippen MR) is 83.8 cm³/mol. The van der Waals surface area contributed by atoms with Crippen molar-refractivity contribution in [3.8, 4) is 0 Å². The van der Waals surface area contributed by atoms with Crippen LogP contribution in [0.4, 0.5) is 0 Å². The highest BCUT2D eigenvalue weighted by molar-refractivity contribution is 9.11. The van der Waals surface area contributed by atoms with Crippen LogP contribution in [0.5, 0.6) is 0 Å². The minimum Gasteiger partial charge on any atom is -0.465 e. The molecule has 1 aromatic rings. The number of Topliss-reactive ketones (excluding diaryl/α,β-unsaturated/α-hetero) is 1. The summed E-state index contributed by atoms with van der Waals surface area (Å²) in [4.78, 5) is 25.9. The molecule has 0 N–H and O–H groups in total. The molecule has 0 radical (unpaired) electrons. The van der Waals surface area contributed by atoms with Crippen LogP contribution >= 0.6 is 27.3 Å². The van der Waals surface area contributed by atoms with Gasteiger partial charge < -0.3 is 4.74 Å². The first-order valence-corrected chi connectivity index (χ1v) is 8.06. The summed E-state index contributed by atoms with van der Waals surface area (Å²) in [5.41, 5.74) is 0.0468. The van der Waals surface area contributed by atoms with E-state index in [-0.39, 0.29) is 18.9 Å². The van der Waals surface area contributed by atoms with Crippen LogP contribution in [-0.4, -0.2) is 36.9 Å². The van der Waals surface area contributed by atoms with Crippen molar-refractivity contribution in [1.29, 1.82) is 0 Å². The predicted octanol–water partition coefficient (Wildman–Crippen LogP) is 3.10. The number of ketones is 1.